The van der Waals surface area contributed by atoms with Gasteiger partial charge in [0.15, 0.2) is 0 Å². The van der Waals surface area contributed by atoms with Crippen LogP contribution in [0.2, 0.25) is 0 Å². The Morgan fingerprint density at radius 2 is 2.12 bits per heavy atom. The molecular formula is C13H19NO2. The standard InChI is InChI=1S/C13H19NO2/c14-7-5-10-1-3-11(4-2-10)13(15)12-6-8-16-9-12/h1-4,12-13,15H,5-9,14H2. The molecule has 0 aliphatic carbocycles. The summed E-state index contributed by atoms with van der Waals surface area (Å²) in [6, 6.07) is 8.07. The van der Waals surface area contributed by atoms with Crippen molar-refractivity contribution in [2.24, 2.45) is 11.7 Å². The van der Waals surface area contributed by atoms with Crippen LogP contribution in [0, 0.1) is 5.92 Å². The van der Waals surface area contributed by atoms with Gasteiger partial charge in [0.05, 0.1) is 12.7 Å². The van der Waals surface area contributed by atoms with Gasteiger partial charge in [0.1, 0.15) is 0 Å². The van der Waals surface area contributed by atoms with Crippen LogP contribution in [0.15, 0.2) is 24.3 Å². The van der Waals surface area contributed by atoms with Crippen molar-refractivity contribution in [3.8, 4) is 0 Å². The van der Waals surface area contributed by atoms with E-state index in [0.29, 0.717) is 13.2 Å². The van der Waals surface area contributed by atoms with Crippen molar-refractivity contribution in [2.45, 2.75) is 18.9 Å². The molecule has 2 unspecified atom stereocenters. The van der Waals surface area contributed by atoms with E-state index in [1.54, 1.807) is 0 Å². The Morgan fingerprint density at radius 3 is 2.69 bits per heavy atom. The molecule has 3 nitrogen and oxygen atoms in total. The van der Waals surface area contributed by atoms with Crippen molar-refractivity contribution in [1.82, 2.24) is 0 Å². The van der Waals surface area contributed by atoms with Crippen LogP contribution in [0.3, 0.4) is 0 Å². The molecule has 1 aromatic carbocycles. The van der Waals surface area contributed by atoms with E-state index in [0.717, 1.165) is 25.0 Å². The third-order valence-electron chi connectivity index (χ3n) is 3.17. The molecule has 0 radical (unpaired) electrons. The average molecular weight is 221 g/mol. The number of aliphatic hydroxyl groups is 1. The largest absolute Gasteiger partial charge is 0.388 e. The number of aliphatic hydroxyl groups excluding tert-OH is 1. The van der Waals surface area contributed by atoms with Gasteiger partial charge in [-0.25, -0.2) is 0 Å². The van der Waals surface area contributed by atoms with E-state index in [1.807, 2.05) is 24.3 Å². The molecule has 3 heteroatoms. The number of rotatable bonds is 4. The zero-order valence-corrected chi connectivity index (χ0v) is 9.43. The Labute approximate surface area is 96.2 Å². The minimum Gasteiger partial charge on any atom is -0.388 e. The molecular weight excluding hydrogens is 202 g/mol. The number of benzene rings is 1. The summed E-state index contributed by atoms with van der Waals surface area (Å²) < 4.78 is 5.29. The van der Waals surface area contributed by atoms with Crippen LogP contribution in [0.5, 0.6) is 0 Å². The summed E-state index contributed by atoms with van der Waals surface area (Å²) in [5.74, 6) is 0.250. The monoisotopic (exact) mass is 221 g/mol. The Kier molecular flexibility index (Phi) is 3.93. The van der Waals surface area contributed by atoms with Gasteiger partial charge in [0.2, 0.25) is 0 Å². The van der Waals surface area contributed by atoms with Crippen molar-refractivity contribution in [2.75, 3.05) is 19.8 Å². The Bertz CT molecular complexity index is 317. The number of ether oxygens (including phenoxy) is 1. The molecule has 1 aromatic rings. The first-order valence-corrected chi connectivity index (χ1v) is 5.86. The van der Waals surface area contributed by atoms with Crippen molar-refractivity contribution >= 4 is 0 Å². The fourth-order valence-corrected chi connectivity index (χ4v) is 2.12. The molecule has 88 valence electrons. The van der Waals surface area contributed by atoms with Crippen LogP contribution in [-0.4, -0.2) is 24.9 Å². The van der Waals surface area contributed by atoms with Crippen LogP contribution >= 0.6 is 0 Å². The first-order valence-electron chi connectivity index (χ1n) is 5.86. The summed E-state index contributed by atoms with van der Waals surface area (Å²) in [5.41, 5.74) is 7.70. The van der Waals surface area contributed by atoms with Crippen molar-refractivity contribution in [3.05, 3.63) is 35.4 Å². The maximum absolute atomic E-state index is 10.1. The zero-order valence-electron chi connectivity index (χ0n) is 9.43. The lowest BCUT2D eigenvalue weighted by Gasteiger charge is -2.17. The highest BCUT2D eigenvalue weighted by Crippen LogP contribution is 2.28. The van der Waals surface area contributed by atoms with Gasteiger partial charge in [0, 0.05) is 12.5 Å². The molecule has 2 atom stereocenters. The normalized spacial score (nSPS) is 22.2. The Hall–Kier alpha value is -0.900. The smallest absolute Gasteiger partial charge is 0.0841 e. The summed E-state index contributed by atoms with van der Waals surface area (Å²) >= 11 is 0. The van der Waals surface area contributed by atoms with Crippen LogP contribution < -0.4 is 5.73 Å². The molecule has 0 aromatic heterocycles. The summed E-state index contributed by atoms with van der Waals surface area (Å²) in [7, 11) is 0. The first-order chi connectivity index (χ1) is 7.81. The SMILES string of the molecule is NCCc1ccc(C(O)C2CCOC2)cc1. The molecule has 1 aliphatic rings. The van der Waals surface area contributed by atoms with E-state index in [2.05, 4.69) is 0 Å². The molecule has 0 spiro atoms. The molecule has 3 N–H and O–H groups in total. The highest BCUT2D eigenvalue weighted by molar-refractivity contribution is 5.25. The molecule has 2 rings (SSSR count). The number of hydrogen-bond acceptors (Lipinski definition) is 3. The van der Waals surface area contributed by atoms with Crippen LogP contribution in [0.25, 0.3) is 0 Å². The van der Waals surface area contributed by atoms with Gasteiger partial charge in [-0.1, -0.05) is 24.3 Å². The summed E-state index contributed by atoms with van der Waals surface area (Å²) in [6.45, 7) is 2.11. The number of nitrogens with two attached hydrogens (primary N) is 1. The van der Waals surface area contributed by atoms with Gasteiger partial charge in [-0.2, -0.15) is 0 Å². The third kappa shape index (κ3) is 2.61. The summed E-state index contributed by atoms with van der Waals surface area (Å²) in [4.78, 5) is 0. The fraction of sp³-hybridized carbons (Fsp3) is 0.538. The summed E-state index contributed by atoms with van der Waals surface area (Å²) in [6.07, 6.45) is 1.45. The van der Waals surface area contributed by atoms with E-state index < -0.39 is 6.10 Å². The zero-order chi connectivity index (χ0) is 11.4. The quantitative estimate of drug-likeness (QED) is 0.804. The van der Waals surface area contributed by atoms with Gasteiger partial charge < -0.3 is 15.6 Å². The maximum atomic E-state index is 10.1. The van der Waals surface area contributed by atoms with Gasteiger partial charge in [0.25, 0.3) is 0 Å². The lowest BCUT2D eigenvalue weighted by molar-refractivity contribution is 0.0918. The second kappa shape index (κ2) is 5.43. The van der Waals surface area contributed by atoms with Crippen LogP contribution in [-0.2, 0) is 11.2 Å². The van der Waals surface area contributed by atoms with Gasteiger partial charge in [-0.3, -0.25) is 0 Å². The highest BCUT2D eigenvalue weighted by Gasteiger charge is 2.24. The van der Waals surface area contributed by atoms with E-state index in [9.17, 15) is 5.11 Å². The van der Waals surface area contributed by atoms with Crippen molar-refractivity contribution in [3.63, 3.8) is 0 Å². The van der Waals surface area contributed by atoms with Gasteiger partial charge in [-0.15, -0.1) is 0 Å². The fourth-order valence-electron chi connectivity index (χ4n) is 2.12. The van der Waals surface area contributed by atoms with Crippen LogP contribution in [0.4, 0.5) is 0 Å². The second-order valence-corrected chi connectivity index (χ2v) is 4.35. The summed E-state index contributed by atoms with van der Waals surface area (Å²) in [5, 5.41) is 10.1. The second-order valence-electron chi connectivity index (χ2n) is 4.35. The minimum atomic E-state index is -0.394. The molecule has 1 aliphatic heterocycles. The Morgan fingerprint density at radius 1 is 1.38 bits per heavy atom. The molecule has 0 amide bonds. The maximum Gasteiger partial charge on any atom is 0.0841 e. The van der Waals surface area contributed by atoms with E-state index in [1.165, 1.54) is 5.56 Å². The average Bonchev–Trinajstić information content (AvgIpc) is 2.83. The molecule has 16 heavy (non-hydrogen) atoms. The predicted octanol–water partition coefficient (Wildman–Crippen LogP) is 1.26. The Balaban J connectivity index is 2.02. The lowest BCUT2D eigenvalue weighted by Crippen LogP contribution is -2.12. The first kappa shape index (κ1) is 11.6. The van der Waals surface area contributed by atoms with Gasteiger partial charge in [-0.05, 0) is 30.5 Å². The predicted molar refractivity (Wildman–Crippen MR) is 63.1 cm³/mol. The van der Waals surface area contributed by atoms with Gasteiger partial charge >= 0.3 is 0 Å². The number of hydrogen-bond donors (Lipinski definition) is 2. The van der Waals surface area contributed by atoms with Crippen LogP contribution in [0.1, 0.15) is 23.7 Å². The lowest BCUT2D eigenvalue weighted by atomic mass is 9.94. The highest BCUT2D eigenvalue weighted by atomic mass is 16.5. The topological polar surface area (TPSA) is 55.5 Å². The third-order valence-corrected chi connectivity index (χ3v) is 3.17. The van der Waals surface area contributed by atoms with E-state index in [-0.39, 0.29) is 5.92 Å². The van der Waals surface area contributed by atoms with Crippen molar-refractivity contribution in [1.29, 1.82) is 0 Å². The molecule has 1 fully saturated rings. The molecule has 1 saturated heterocycles. The molecule has 0 bridgehead atoms. The van der Waals surface area contributed by atoms with Crippen molar-refractivity contribution < 1.29 is 9.84 Å². The molecule has 0 saturated carbocycles. The van der Waals surface area contributed by atoms with E-state index in [4.69, 9.17) is 10.5 Å². The van der Waals surface area contributed by atoms with E-state index >= 15 is 0 Å². The minimum absolute atomic E-state index is 0.250. The molecule has 1 heterocycles.